The van der Waals surface area contributed by atoms with Crippen molar-refractivity contribution in [3.8, 4) is 22.4 Å². The Balaban J connectivity index is 1.87. The molecule has 2 heterocycles. The van der Waals surface area contributed by atoms with E-state index in [-0.39, 0.29) is 5.56 Å². The largest absolute Gasteiger partial charge is 0.278 e. The summed E-state index contributed by atoms with van der Waals surface area (Å²) in [6.07, 6.45) is 3.44. The summed E-state index contributed by atoms with van der Waals surface area (Å²) in [5.74, 6) is 0. The maximum atomic E-state index is 13.2. The second kappa shape index (κ2) is 4.72. The van der Waals surface area contributed by atoms with Crippen molar-refractivity contribution in [3.05, 3.63) is 71.0 Å². The van der Waals surface area contributed by atoms with E-state index < -0.39 is 0 Å². The molecule has 114 valence electrons. The molecular weight excluding hydrogens is 284 g/mol. The molecule has 3 aromatic rings. The van der Waals surface area contributed by atoms with Crippen LogP contribution in [0.5, 0.6) is 0 Å². The molecule has 1 fully saturated rings. The molecular formula is C20H18N2O. The van der Waals surface area contributed by atoms with Gasteiger partial charge in [-0.3, -0.25) is 9.48 Å². The predicted octanol–water partition coefficient (Wildman–Crippen LogP) is 4.26. The van der Waals surface area contributed by atoms with Gasteiger partial charge in [0.1, 0.15) is 0 Å². The lowest BCUT2D eigenvalue weighted by Gasteiger charge is -2.19. The van der Waals surface area contributed by atoms with Crippen molar-refractivity contribution < 1.29 is 0 Å². The van der Waals surface area contributed by atoms with E-state index in [0.29, 0.717) is 12.1 Å². The van der Waals surface area contributed by atoms with Crippen LogP contribution in [0.25, 0.3) is 22.4 Å². The van der Waals surface area contributed by atoms with Gasteiger partial charge in [0.2, 0.25) is 0 Å². The standard InChI is InChI=1S/C20H18N2O/c23-20-18(14-7-3-1-4-8-14)19(15-9-5-2-6-10-15)21-16-11-12-17(13-16)22(20)21/h1-10,16-17H,11-13H2. The van der Waals surface area contributed by atoms with Crippen LogP contribution < -0.4 is 5.56 Å². The summed E-state index contributed by atoms with van der Waals surface area (Å²) in [5.41, 5.74) is 4.27. The Bertz CT molecular complexity index is 922. The lowest BCUT2D eigenvalue weighted by atomic mass is 10.0. The zero-order valence-corrected chi connectivity index (χ0v) is 12.9. The lowest BCUT2D eigenvalue weighted by Crippen LogP contribution is -2.24. The molecule has 2 atom stereocenters. The quantitative estimate of drug-likeness (QED) is 0.694. The molecule has 1 aromatic heterocycles. The smallest absolute Gasteiger partial charge is 0.275 e. The van der Waals surface area contributed by atoms with Crippen molar-refractivity contribution in [2.24, 2.45) is 0 Å². The van der Waals surface area contributed by atoms with E-state index in [1.165, 1.54) is 6.42 Å². The molecule has 2 aliphatic rings. The average molecular weight is 302 g/mol. The maximum Gasteiger partial charge on any atom is 0.275 e. The van der Waals surface area contributed by atoms with Gasteiger partial charge in [0.05, 0.1) is 23.3 Å². The van der Waals surface area contributed by atoms with Crippen LogP contribution >= 0.6 is 0 Å². The van der Waals surface area contributed by atoms with Gasteiger partial charge in [0.15, 0.2) is 0 Å². The summed E-state index contributed by atoms with van der Waals surface area (Å²) in [6, 6.07) is 21.3. The zero-order valence-electron chi connectivity index (χ0n) is 12.9. The third kappa shape index (κ3) is 1.73. The van der Waals surface area contributed by atoms with Crippen molar-refractivity contribution in [2.75, 3.05) is 0 Å². The van der Waals surface area contributed by atoms with Crippen LogP contribution in [0.4, 0.5) is 0 Å². The molecule has 3 nitrogen and oxygen atoms in total. The average Bonchev–Trinajstić information content (AvgIpc) is 3.29. The van der Waals surface area contributed by atoms with Gasteiger partial charge in [0, 0.05) is 5.56 Å². The zero-order chi connectivity index (χ0) is 15.4. The number of hydrogen-bond donors (Lipinski definition) is 0. The Kier molecular flexibility index (Phi) is 2.66. The highest BCUT2D eigenvalue weighted by Crippen LogP contribution is 2.47. The molecule has 0 N–H and O–H groups in total. The first-order chi connectivity index (χ1) is 11.3. The molecule has 0 radical (unpaired) electrons. The summed E-state index contributed by atoms with van der Waals surface area (Å²) >= 11 is 0. The fourth-order valence-corrected chi connectivity index (χ4v) is 4.35. The van der Waals surface area contributed by atoms with E-state index in [1.807, 2.05) is 53.2 Å². The van der Waals surface area contributed by atoms with Gasteiger partial charge < -0.3 is 0 Å². The van der Waals surface area contributed by atoms with E-state index in [1.54, 1.807) is 0 Å². The topological polar surface area (TPSA) is 26.9 Å². The normalized spacial score (nSPS) is 21.6. The Morgan fingerprint density at radius 2 is 1.30 bits per heavy atom. The molecule has 2 bridgehead atoms. The minimum absolute atomic E-state index is 0.169. The van der Waals surface area contributed by atoms with Crippen molar-refractivity contribution >= 4 is 0 Å². The van der Waals surface area contributed by atoms with Gasteiger partial charge in [0.25, 0.3) is 5.56 Å². The van der Waals surface area contributed by atoms with Crippen LogP contribution in [0.1, 0.15) is 31.3 Å². The lowest BCUT2D eigenvalue weighted by molar-refractivity contribution is 0.385. The number of fused-ring (bicyclic) bond motifs is 5. The van der Waals surface area contributed by atoms with Crippen LogP contribution in [0.2, 0.25) is 0 Å². The molecule has 2 unspecified atom stereocenters. The molecule has 0 spiro atoms. The second-order valence-corrected chi connectivity index (χ2v) is 6.57. The van der Waals surface area contributed by atoms with Crippen molar-refractivity contribution in [3.63, 3.8) is 0 Å². The number of aromatic nitrogens is 2. The van der Waals surface area contributed by atoms with Gasteiger partial charge >= 0.3 is 0 Å². The third-order valence-electron chi connectivity index (χ3n) is 5.30. The highest BCUT2D eigenvalue weighted by atomic mass is 16.1. The Hall–Kier alpha value is -2.55. The van der Waals surface area contributed by atoms with Gasteiger partial charge in [-0.2, -0.15) is 0 Å². The second-order valence-electron chi connectivity index (χ2n) is 6.57. The Morgan fingerprint density at radius 3 is 1.96 bits per heavy atom. The molecule has 0 amide bonds. The minimum atomic E-state index is 0.169. The molecule has 23 heavy (non-hydrogen) atoms. The van der Waals surface area contributed by atoms with Gasteiger partial charge in [-0.15, -0.1) is 0 Å². The molecule has 5 rings (SSSR count). The van der Waals surface area contributed by atoms with E-state index in [0.717, 1.165) is 35.2 Å². The number of rotatable bonds is 2. The molecule has 2 aromatic carbocycles. The minimum Gasteiger partial charge on any atom is -0.278 e. The number of hydrogen-bond acceptors (Lipinski definition) is 1. The number of benzene rings is 2. The fourth-order valence-electron chi connectivity index (χ4n) is 4.35. The molecule has 1 aliphatic heterocycles. The number of nitrogens with zero attached hydrogens (tertiary/aromatic N) is 2. The van der Waals surface area contributed by atoms with Crippen LogP contribution in [0, 0.1) is 0 Å². The molecule has 1 saturated carbocycles. The first-order valence-corrected chi connectivity index (χ1v) is 8.32. The summed E-state index contributed by atoms with van der Waals surface area (Å²) in [4.78, 5) is 13.2. The van der Waals surface area contributed by atoms with Crippen molar-refractivity contribution in [1.82, 2.24) is 9.36 Å². The van der Waals surface area contributed by atoms with Crippen LogP contribution in [-0.2, 0) is 0 Å². The van der Waals surface area contributed by atoms with E-state index >= 15 is 0 Å². The van der Waals surface area contributed by atoms with E-state index in [4.69, 9.17) is 0 Å². The Morgan fingerprint density at radius 1 is 0.739 bits per heavy atom. The fraction of sp³-hybridized carbons (Fsp3) is 0.250. The Labute approximate surface area is 134 Å². The molecule has 0 saturated heterocycles. The highest BCUT2D eigenvalue weighted by molar-refractivity contribution is 5.81. The van der Waals surface area contributed by atoms with E-state index in [9.17, 15) is 4.79 Å². The van der Waals surface area contributed by atoms with E-state index in [2.05, 4.69) is 16.8 Å². The summed E-state index contributed by atoms with van der Waals surface area (Å²) < 4.78 is 4.31. The van der Waals surface area contributed by atoms with Crippen LogP contribution in [-0.4, -0.2) is 9.36 Å². The monoisotopic (exact) mass is 302 g/mol. The van der Waals surface area contributed by atoms with Gasteiger partial charge in [-0.05, 0) is 24.8 Å². The predicted molar refractivity (Wildman–Crippen MR) is 91.5 cm³/mol. The van der Waals surface area contributed by atoms with Crippen molar-refractivity contribution in [2.45, 2.75) is 31.3 Å². The molecule has 1 aliphatic carbocycles. The van der Waals surface area contributed by atoms with Gasteiger partial charge in [-0.1, -0.05) is 60.7 Å². The van der Waals surface area contributed by atoms with Crippen LogP contribution in [0.3, 0.4) is 0 Å². The highest BCUT2D eigenvalue weighted by Gasteiger charge is 2.41. The van der Waals surface area contributed by atoms with Crippen molar-refractivity contribution in [1.29, 1.82) is 0 Å². The first kappa shape index (κ1) is 12.9. The van der Waals surface area contributed by atoms with Crippen LogP contribution in [0.15, 0.2) is 65.5 Å². The summed E-state index contributed by atoms with van der Waals surface area (Å²) in [6.45, 7) is 0. The molecule has 3 heteroatoms. The summed E-state index contributed by atoms with van der Waals surface area (Å²) in [7, 11) is 0. The third-order valence-corrected chi connectivity index (χ3v) is 5.30. The van der Waals surface area contributed by atoms with Gasteiger partial charge in [-0.25, -0.2) is 4.68 Å². The maximum absolute atomic E-state index is 13.2. The first-order valence-electron chi connectivity index (χ1n) is 8.32. The summed E-state index contributed by atoms with van der Waals surface area (Å²) in [5, 5.41) is 0. The SMILES string of the molecule is O=c1c(-c2ccccc2)c(-c2ccccc2)n2n1C1CCC2C1.